The first-order valence-corrected chi connectivity index (χ1v) is 5.32. The fourth-order valence-corrected chi connectivity index (χ4v) is 1.63. The quantitative estimate of drug-likeness (QED) is 0.593. The molecule has 1 aromatic rings. The van der Waals surface area contributed by atoms with Crippen molar-refractivity contribution in [2.75, 3.05) is 14.2 Å². The topological polar surface area (TPSA) is 119 Å². The lowest BCUT2D eigenvalue weighted by atomic mass is 10.00. The normalized spacial score (nSPS) is 13.5. The molecule has 0 aliphatic rings. The second kappa shape index (κ2) is 6.17. The Morgan fingerprint density at radius 3 is 2.37 bits per heavy atom. The van der Waals surface area contributed by atoms with Crippen LogP contribution in [0.4, 0.5) is 0 Å². The van der Waals surface area contributed by atoms with E-state index < -0.39 is 18.1 Å². The number of aldehydes is 1. The minimum Gasteiger partial charge on any atom is -0.493 e. The van der Waals surface area contributed by atoms with Crippen molar-refractivity contribution in [2.24, 2.45) is 5.73 Å². The Kier molecular flexibility index (Phi) is 4.85. The van der Waals surface area contributed by atoms with Gasteiger partial charge in [0.2, 0.25) is 5.91 Å². The van der Waals surface area contributed by atoms with Crippen LogP contribution in [0.5, 0.6) is 11.5 Å². The van der Waals surface area contributed by atoms with E-state index in [2.05, 4.69) is 0 Å². The maximum atomic E-state index is 10.9. The minimum atomic E-state index is -1.82. The Hall–Kier alpha value is -2.12. The molecule has 0 radical (unpaired) electrons. The van der Waals surface area contributed by atoms with Gasteiger partial charge in [-0.05, 0) is 12.1 Å². The van der Waals surface area contributed by atoms with Gasteiger partial charge in [-0.2, -0.15) is 0 Å². The van der Waals surface area contributed by atoms with Crippen LogP contribution < -0.4 is 15.2 Å². The lowest BCUT2D eigenvalue weighted by Crippen LogP contribution is -2.34. The standard InChI is InChI=1S/C12H15NO6/c1-18-8-4-6(5-14)3-7(11(8)19-2)9(15)10(16)12(13)17/h3-5,9-10,15-16H,1-2H3,(H2,13,17). The van der Waals surface area contributed by atoms with Gasteiger partial charge in [-0.25, -0.2) is 0 Å². The van der Waals surface area contributed by atoms with Gasteiger partial charge in [0.25, 0.3) is 0 Å². The summed E-state index contributed by atoms with van der Waals surface area (Å²) in [6.07, 6.45) is -2.91. The molecule has 2 unspecified atom stereocenters. The Labute approximate surface area is 109 Å². The Balaban J connectivity index is 3.38. The zero-order chi connectivity index (χ0) is 14.6. The Bertz CT molecular complexity index is 487. The van der Waals surface area contributed by atoms with E-state index in [4.69, 9.17) is 15.2 Å². The van der Waals surface area contributed by atoms with Crippen LogP contribution in [0.25, 0.3) is 0 Å². The van der Waals surface area contributed by atoms with Gasteiger partial charge in [0.05, 0.1) is 14.2 Å². The van der Waals surface area contributed by atoms with E-state index in [-0.39, 0.29) is 22.6 Å². The number of carbonyl (C=O) groups is 2. The van der Waals surface area contributed by atoms with E-state index in [1.165, 1.54) is 26.4 Å². The second-order valence-corrected chi connectivity index (χ2v) is 3.76. The van der Waals surface area contributed by atoms with Gasteiger partial charge in [-0.1, -0.05) is 0 Å². The fourth-order valence-electron chi connectivity index (χ4n) is 1.63. The van der Waals surface area contributed by atoms with E-state index in [9.17, 15) is 19.8 Å². The lowest BCUT2D eigenvalue weighted by molar-refractivity contribution is -0.132. The smallest absolute Gasteiger partial charge is 0.249 e. The van der Waals surface area contributed by atoms with E-state index in [1.807, 2.05) is 0 Å². The van der Waals surface area contributed by atoms with E-state index in [0.717, 1.165) is 0 Å². The molecule has 0 heterocycles. The van der Waals surface area contributed by atoms with Crippen molar-refractivity contribution < 1.29 is 29.3 Å². The summed E-state index contributed by atoms with van der Waals surface area (Å²) >= 11 is 0. The third kappa shape index (κ3) is 3.01. The first-order valence-electron chi connectivity index (χ1n) is 5.32. The van der Waals surface area contributed by atoms with Crippen LogP contribution in [0, 0.1) is 0 Å². The third-order valence-corrected chi connectivity index (χ3v) is 2.58. The molecule has 19 heavy (non-hydrogen) atoms. The molecule has 0 saturated heterocycles. The van der Waals surface area contributed by atoms with Crippen molar-refractivity contribution in [2.45, 2.75) is 12.2 Å². The summed E-state index contributed by atoms with van der Waals surface area (Å²) in [6.45, 7) is 0. The summed E-state index contributed by atoms with van der Waals surface area (Å²) in [7, 11) is 2.68. The molecule has 1 rings (SSSR count). The predicted molar refractivity (Wildman–Crippen MR) is 65.1 cm³/mol. The summed E-state index contributed by atoms with van der Waals surface area (Å²) < 4.78 is 10.1. The lowest BCUT2D eigenvalue weighted by Gasteiger charge is -2.20. The van der Waals surface area contributed by atoms with Gasteiger partial charge in [0, 0.05) is 11.1 Å². The highest BCUT2D eigenvalue weighted by Gasteiger charge is 2.28. The van der Waals surface area contributed by atoms with Gasteiger partial charge >= 0.3 is 0 Å². The monoisotopic (exact) mass is 269 g/mol. The van der Waals surface area contributed by atoms with E-state index >= 15 is 0 Å². The average molecular weight is 269 g/mol. The number of aliphatic hydroxyl groups excluding tert-OH is 2. The highest BCUT2D eigenvalue weighted by Crippen LogP contribution is 2.36. The van der Waals surface area contributed by atoms with Gasteiger partial charge in [-0.3, -0.25) is 9.59 Å². The molecule has 4 N–H and O–H groups in total. The van der Waals surface area contributed by atoms with Crippen LogP contribution in [-0.2, 0) is 4.79 Å². The molecule has 7 nitrogen and oxygen atoms in total. The maximum Gasteiger partial charge on any atom is 0.249 e. The maximum absolute atomic E-state index is 10.9. The van der Waals surface area contributed by atoms with Crippen LogP contribution in [0.1, 0.15) is 22.0 Å². The predicted octanol–water partition coefficient (Wildman–Crippen LogP) is -0.604. The largest absolute Gasteiger partial charge is 0.493 e. The summed E-state index contributed by atoms with van der Waals surface area (Å²) in [5, 5.41) is 19.4. The molecule has 0 aliphatic heterocycles. The van der Waals surface area contributed by atoms with E-state index in [1.54, 1.807) is 0 Å². The van der Waals surface area contributed by atoms with Crippen molar-refractivity contribution in [1.29, 1.82) is 0 Å². The first-order chi connectivity index (χ1) is 8.96. The Morgan fingerprint density at radius 1 is 1.32 bits per heavy atom. The number of benzene rings is 1. The molecule has 0 aliphatic carbocycles. The molecule has 7 heteroatoms. The van der Waals surface area contributed by atoms with Gasteiger partial charge < -0.3 is 25.4 Å². The van der Waals surface area contributed by atoms with Crippen LogP contribution in [0.2, 0.25) is 0 Å². The third-order valence-electron chi connectivity index (χ3n) is 2.58. The van der Waals surface area contributed by atoms with Crippen molar-refractivity contribution in [3.8, 4) is 11.5 Å². The molecular formula is C12H15NO6. The molecule has 0 bridgehead atoms. The van der Waals surface area contributed by atoms with Gasteiger partial charge in [0.15, 0.2) is 17.6 Å². The second-order valence-electron chi connectivity index (χ2n) is 3.76. The minimum absolute atomic E-state index is 0.0373. The zero-order valence-corrected chi connectivity index (χ0v) is 10.5. The number of ether oxygens (including phenoxy) is 2. The number of nitrogens with two attached hydrogens (primary N) is 1. The van der Waals surface area contributed by atoms with Crippen molar-refractivity contribution >= 4 is 12.2 Å². The number of hydrogen-bond donors (Lipinski definition) is 3. The summed E-state index contributed by atoms with van der Waals surface area (Å²) in [4.78, 5) is 21.7. The zero-order valence-electron chi connectivity index (χ0n) is 10.5. The molecule has 0 fully saturated rings. The number of methoxy groups -OCH3 is 2. The van der Waals surface area contributed by atoms with Gasteiger partial charge in [-0.15, -0.1) is 0 Å². The van der Waals surface area contributed by atoms with Crippen LogP contribution >= 0.6 is 0 Å². The van der Waals surface area contributed by atoms with Gasteiger partial charge in [0.1, 0.15) is 12.4 Å². The molecule has 104 valence electrons. The first kappa shape index (κ1) is 14.9. The summed E-state index contributed by atoms with van der Waals surface area (Å²) in [6, 6.07) is 2.68. The van der Waals surface area contributed by atoms with Crippen molar-refractivity contribution in [3.63, 3.8) is 0 Å². The van der Waals surface area contributed by atoms with Crippen molar-refractivity contribution in [3.05, 3.63) is 23.3 Å². The highest BCUT2D eigenvalue weighted by atomic mass is 16.5. The number of primary amides is 1. The number of rotatable bonds is 6. The Morgan fingerprint density at radius 2 is 1.95 bits per heavy atom. The molecular weight excluding hydrogens is 254 g/mol. The fraction of sp³-hybridized carbons (Fsp3) is 0.333. The van der Waals surface area contributed by atoms with Crippen LogP contribution in [0.3, 0.4) is 0 Å². The van der Waals surface area contributed by atoms with Crippen molar-refractivity contribution in [1.82, 2.24) is 0 Å². The summed E-state index contributed by atoms with van der Waals surface area (Å²) in [5.74, 6) is -0.788. The number of aliphatic hydroxyl groups is 2. The SMILES string of the molecule is COc1cc(C=O)cc(C(O)C(O)C(N)=O)c1OC. The van der Waals surface area contributed by atoms with E-state index in [0.29, 0.717) is 6.29 Å². The number of carbonyl (C=O) groups excluding carboxylic acids is 2. The number of amides is 1. The molecule has 0 spiro atoms. The molecule has 1 amide bonds. The van der Waals surface area contributed by atoms with Crippen LogP contribution in [-0.4, -0.2) is 42.7 Å². The summed E-state index contributed by atoms with van der Waals surface area (Å²) in [5.41, 5.74) is 5.15. The molecule has 2 atom stereocenters. The molecule has 0 saturated carbocycles. The van der Waals surface area contributed by atoms with Crippen LogP contribution in [0.15, 0.2) is 12.1 Å². The molecule has 1 aromatic carbocycles. The molecule has 0 aromatic heterocycles. The highest BCUT2D eigenvalue weighted by molar-refractivity contribution is 5.81. The number of hydrogen-bond acceptors (Lipinski definition) is 6. The average Bonchev–Trinajstić information content (AvgIpc) is 2.43.